The lowest BCUT2D eigenvalue weighted by Gasteiger charge is -2.36. The molecular formula is C12H18ClN5O3S. The molecule has 0 bridgehead atoms. The zero-order valence-corrected chi connectivity index (χ0v) is 13.6. The molecule has 3 heterocycles. The first kappa shape index (κ1) is 15.7. The van der Waals surface area contributed by atoms with Crippen molar-refractivity contribution < 1.29 is 8.42 Å². The lowest BCUT2D eigenvalue weighted by molar-refractivity contribution is 0.343. The van der Waals surface area contributed by atoms with E-state index in [1.807, 2.05) is 4.90 Å². The summed E-state index contributed by atoms with van der Waals surface area (Å²) in [6.07, 6.45) is 3.34. The van der Waals surface area contributed by atoms with E-state index < -0.39 is 15.8 Å². The second-order valence-electron chi connectivity index (χ2n) is 5.40. The van der Waals surface area contributed by atoms with Crippen molar-refractivity contribution in [1.29, 1.82) is 0 Å². The number of piperazine rings is 1. The van der Waals surface area contributed by atoms with Gasteiger partial charge in [0, 0.05) is 39.3 Å². The Labute approximate surface area is 133 Å². The van der Waals surface area contributed by atoms with Crippen LogP contribution in [-0.4, -0.2) is 66.5 Å². The molecule has 2 aliphatic heterocycles. The van der Waals surface area contributed by atoms with E-state index in [4.69, 9.17) is 11.6 Å². The normalized spacial score (nSPS) is 21.4. The third-order valence-corrected chi connectivity index (χ3v) is 6.47. The molecule has 0 radical (unpaired) electrons. The van der Waals surface area contributed by atoms with Gasteiger partial charge in [-0.25, -0.2) is 5.10 Å². The monoisotopic (exact) mass is 347 g/mol. The summed E-state index contributed by atoms with van der Waals surface area (Å²) in [5.41, 5.74) is 0.106. The van der Waals surface area contributed by atoms with E-state index in [1.165, 1.54) is 10.5 Å². The van der Waals surface area contributed by atoms with Crippen LogP contribution < -0.4 is 10.5 Å². The number of hydrogen-bond acceptors (Lipinski definition) is 5. The molecule has 122 valence electrons. The van der Waals surface area contributed by atoms with Crippen molar-refractivity contribution in [2.45, 2.75) is 12.8 Å². The molecule has 22 heavy (non-hydrogen) atoms. The molecule has 0 atom stereocenters. The number of nitrogens with one attached hydrogen (secondary N) is 1. The highest BCUT2D eigenvalue weighted by atomic mass is 35.5. The highest BCUT2D eigenvalue weighted by Gasteiger charge is 2.34. The maximum atomic E-state index is 12.5. The minimum atomic E-state index is -3.36. The summed E-state index contributed by atoms with van der Waals surface area (Å²) in [5, 5.41) is 6.11. The Balaban J connectivity index is 1.70. The Morgan fingerprint density at radius 3 is 2.27 bits per heavy atom. The molecule has 8 nitrogen and oxygen atoms in total. The molecule has 2 fully saturated rings. The largest absolute Gasteiger partial charge is 0.366 e. The minimum absolute atomic E-state index is 0.0888. The quantitative estimate of drug-likeness (QED) is 0.823. The van der Waals surface area contributed by atoms with Gasteiger partial charge in [0.15, 0.2) is 0 Å². The van der Waals surface area contributed by atoms with E-state index in [9.17, 15) is 13.2 Å². The SMILES string of the molecule is O=c1[nH]ncc(N2CCN(S(=O)(=O)N3CCCC3)CC2)c1Cl. The fourth-order valence-electron chi connectivity index (χ4n) is 2.84. The van der Waals surface area contributed by atoms with Gasteiger partial charge in [0.25, 0.3) is 15.8 Å². The van der Waals surface area contributed by atoms with Gasteiger partial charge >= 0.3 is 0 Å². The number of aromatic nitrogens is 2. The van der Waals surface area contributed by atoms with Gasteiger partial charge in [0.1, 0.15) is 5.02 Å². The first-order valence-corrected chi connectivity index (χ1v) is 9.01. The fraction of sp³-hybridized carbons (Fsp3) is 0.667. The topological polar surface area (TPSA) is 89.6 Å². The molecule has 10 heteroatoms. The molecule has 0 spiro atoms. The number of halogens is 1. The molecule has 1 N–H and O–H groups in total. The second-order valence-corrected chi connectivity index (χ2v) is 7.70. The van der Waals surface area contributed by atoms with E-state index in [2.05, 4.69) is 10.2 Å². The Morgan fingerprint density at radius 2 is 1.64 bits per heavy atom. The van der Waals surface area contributed by atoms with Crippen molar-refractivity contribution in [2.24, 2.45) is 0 Å². The fourth-order valence-corrected chi connectivity index (χ4v) is 4.72. The lowest BCUT2D eigenvalue weighted by Crippen LogP contribution is -2.52. The molecule has 0 unspecified atom stereocenters. The van der Waals surface area contributed by atoms with Crippen LogP contribution in [0.15, 0.2) is 11.0 Å². The van der Waals surface area contributed by atoms with Gasteiger partial charge in [0.2, 0.25) is 0 Å². The standard InChI is InChI=1S/C12H18ClN5O3S/c13-11-10(9-14-15-12(11)19)16-5-7-18(8-6-16)22(20,21)17-3-1-2-4-17/h9H,1-8H2,(H,15,19). The molecule has 2 saturated heterocycles. The zero-order valence-electron chi connectivity index (χ0n) is 12.0. The van der Waals surface area contributed by atoms with Crippen LogP contribution in [0, 0.1) is 0 Å². The van der Waals surface area contributed by atoms with Gasteiger partial charge in [-0.05, 0) is 12.8 Å². The Morgan fingerprint density at radius 1 is 1.05 bits per heavy atom. The van der Waals surface area contributed by atoms with Crippen LogP contribution in [0.5, 0.6) is 0 Å². The summed E-state index contributed by atoms with van der Waals surface area (Å²) in [5.74, 6) is 0. The van der Waals surface area contributed by atoms with Crippen molar-refractivity contribution in [1.82, 2.24) is 18.8 Å². The Hall–Kier alpha value is -1.16. The smallest absolute Gasteiger partial charge is 0.285 e. The van der Waals surface area contributed by atoms with Gasteiger partial charge in [-0.15, -0.1) is 0 Å². The van der Waals surface area contributed by atoms with Crippen LogP contribution >= 0.6 is 11.6 Å². The summed E-state index contributed by atoms with van der Waals surface area (Å²) in [6.45, 7) is 2.93. The van der Waals surface area contributed by atoms with Crippen molar-refractivity contribution in [3.8, 4) is 0 Å². The van der Waals surface area contributed by atoms with Crippen molar-refractivity contribution in [3.05, 3.63) is 21.6 Å². The van der Waals surface area contributed by atoms with Gasteiger partial charge in [-0.1, -0.05) is 11.6 Å². The Kier molecular flexibility index (Phi) is 4.40. The lowest BCUT2D eigenvalue weighted by atomic mass is 10.3. The third-order valence-electron chi connectivity index (χ3n) is 4.07. The highest BCUT2D eigenvalue weighted by molar-refractivity contribution is 7.86. The second kappa shape index (κ2) is 6.15. The maximum absolute atomic E-state index is 12.5. The third kappa shape index (κ3) is 2.85. The molecule has 0 aromatic carbocycles. The number of nitrogens with zero attached hydrogens (tertiary/aromatic N) is 4. The first-order chi connectivity index (χ1) is 10.5. The summed E-state index contributed by atoms with van der Waals surface area (Å²) in [7, 11) is -3.36. The van der Waals surface area contributed by atoms with E-state index in [0.717, 1.165) is 12.8 Å². The van der Waals surface area contributed by atoms with Crippen LogP contribution in [0.2, 0.25) is 5.02 Å². The highest BCUT2D eigenvalue weighted by Crippen LogP contribution is 2.24. The van der Waals surface area contributed by atoms with Crippen molar-refractivity contribution in [2.75, 3.05) is 44.2 Å². The molecule has 1 aromatic heterocycles. The van der Waals surface area contributed by atoms with E-state index in [0.29, 0.717) is 45.0 Å². The number of H-pyrrole nitrogens is 1. The van der Waals surface area contributed by atoms with Crippen molar-refractivity contribution >= 4 is 27.5 Å². The van der Waals surface area contributed by atoms with Crippen LogP contribution in [0.4, 0.5) is 5.69 Å². The summed E-state index contributed by atoms with van der Waals surface area (Å²) < 4.78 is 28.0. The van der Waals surface area contributed by atoms with E-state index in [-0.39, 0.29) is 5.02 Å². The zero-order chi connectivity index (χ0) is 15.7. The van der Waals surface area contributed by atoms with Crippen LogP contribution in [0.25, 0.3) is 0 Å². The van der Waals surface area contributed by atoms with Gasteiger partial charge in [0.05, 0.1) is 11.9 Å². The summed E-state index contributed by atoms with van der Waals surface area (Å²) >= 11 is 5.99. The van der Waals surface area contributed by atoms with Crippen LogP contribution in [-0.2, 0) is 10.2 Å². The van der Waals surface area contributed by atoms with Crippen LogP contribution in [0.1, 0.15) is 12.8 Å². The molecule has 0 amide bonds. The number of anilines is 1. The summed E-state index contributed by atoms with van der Waals surface area (Å²) in [4.78, 5) is 13.4. The minimum Gasteiger partial charge on any atom is -0.366 e. The molecule has 2 aliphatic rings. The summed E-state index contributed by atoms with van der Waals surface area (Å²) in [6, 6.07) is 0. The predicted octanol–water partition coefficient (Wildman–Crippen LogP) is -0.114. The molecule has 0 saturated carbocycles. The van der Waals surface area contributed by atoms with Gasteiger partial charge in [-0.3, -0.25) is 4.79 Å². The number of aromatic amines is 1. The average Bonchev–Trinajstić information content (AvgIpc) is 3.05. The predicted molar refractivity (Wildman–Crippen MR) is 83.4 cm³/mol. The average molecular weight is 348 g/mol. The van der Waals surface area contributed by atoms with E-state index in [1.54, 1.807) is 4.31 Å². The number of rotatable bonds is 3. The molecule has 0 aliphatic carbocycles. The Bertz CT molecular complexity index is 693. The van der Waals surface area contributed by atoms with Gasteiger partial charge in [-0.2, -0.15) is 22.1 Å². The molecular weight excluding hydrogens is 330 g/mol. The van der Waals surface area contributed by atoms with E-state index >= 15 is 0 Å². The molecule has 1 aromatic rings. The number of hydrogen-bond donors (Lipinski definition) is 1. The van der Waals surface area contributed by atoms with Crippen molar-refractivity contribution in [3.63, 3.8) is 0 Å². The maximum Gasteiger partial charge on any atom is 0.285 e. The van der Waals surface area contributed by atoms with Crippen LogP contribution in [0.3, 0.4) is 0 Å². The molecule has 3 rings (SSSR count). The first-order valence-electron chi connectivity index (χ1n) is 7.23. The van der Waals surface area contributed by atoms with Gasteiger partial charge < -0.3 is 4.90 Å².